The number of benzene rings is 1. The van der Waals surface area contributed by atoms with Crippen LogP contribution in [-0.4, -0.2) is 43.0 Å². The fourth-order valence-electron chi connectivity index (χ4n) is 3.09. The number of carbonyl (C=O) groups is 2. The molecule has 0 bridgehead atoms. The summed E-state index contributed by atoms with van der Waals surface area (Å²) in [6.45, 7) is 1.09. The first kappa shape index (κ1) is 16.7. The summed E-state index contributed by atoms with van der Waals surface area (Å²) in [5, 5.41) is 2.81. The minimum atomic E-state index is -0.675. The molecule has 1 atom stereocenters. The van der Waals surface area contributed by atoms with Gasteiger partial charge in [0.1, 0.15) is 0 Å². The number of para-hydroxylation sites is 1. The molecule has 2 amide bonds. The van der Waals surface area contributed by atoms with E-state index in [9.17, 15) is 14.0 Å². The number of halogens is 1. The zero-order chi connectivity index (χ0) is 17.1. The highest BCUT2D eigenvalue weighted by Gasteiger charge is 2.31. The third kappa shape index (κ3) is 3.52. The Kier molecular flexibility index (Phi) is 5.02. The van der Waals surface area contributed by atoms with Gasteiger partial charge >= 0.3 is 0 Å². The topological polar surface area (TPSA) is 58.6 Å². The third-order valence-electron chi connectivity index (χ3n) is 4.81. The first-order valence-corrected chi connectivity index (χ1v) is 8.53. The summed E-state index contributed by atoms with van der Waals surface area (Å²) in [4.78, 5) is 25.9. The van der Waals surface area contributed by atoms with Crippen LogP contribution >= 0.6 is 0 Å². The molecule has 1 saturated carbocycles. The van der Waals surface area contributed by atoms with Crippen molar-refractivity contribution in [3.63, 3.8) is 0 Å². The second kappa shape index (κ2) is 7.20. The van der Waals surface area contributed by atoms with Crippen LogP contribution in [0.5, 0.6) is 5.75 Å². The van der Waals surface area contributed by atoms with E-state index in [2.05, 4.69) is 5.32 Å². The van der Waals surface area contributed by atoms with Crippen LogP contribution in [0, 0.1) is 11.7 Å². The normalized spacial score (nSPS) is 19.2. The lowest BCUT2D eigenvalue weighted by Gasteiger charge is -2.29. The van der Waals surface area contributed by atoms with Crippen LogP contribution in [0.15, 0.2) is 18.2 Å². The Morgan fingerprint density at radius 3 is 2.83 bits per heavy atom. The summed E-state index contributed by atoms with van der Waals surface area (Å²) < 4.78 is 19.0. The van der Waals surface area contributed by atoms with Crippen molar-refractivity contribution in [2.75, 3.05) is 20.1 Å². The number of ether oxygens (including phenoxy) is 1. The fraction of sp³-hybridized carbons (Fsp3) is 0.556. The number of hydrogen-bond donors (Lipinski definition) is 1. The summed E-state index contributed by atoms with van der Waals surface area (Å²) >= 11 is 0. The van der Waals surface area contributed by atoms with E-state index in [0.29, 0.717) is 25.9 Å². The van der Waals surface area contributed by atoms with Gasteiger partial charge in [-0.3, -0.25) is 9.59 Å². The van der Waals surface area contributed by atoms with Crippen molar-refractivity contribution in [2.45, 2.75) is 38.2 Å². The third-order valence-corrected chi connectivity index (χ3v) is 4.81. The Morgan fingerprint density at radius 1 is 1.38 bits per heavy atom. The number of fused-ring (bicyclic) bond motifs is 1. The number of rotatable bonds is 6. The second-order valence-corrected chi connectivity index (χ2v) is 6.57. The highest BCUT2D eigenvalue weighted by molar-refractivity contribution is 5.82. The maximum Gasteiger partial charge on any atom is 0.261 e. The van der Waals surface area contributed by atoms with Crippen molar-refractivity contribution in [3.05, 3.63) is 29.6 Å². The van der Waals surface area contributed by atoms with Gasteiger partial charge in [-0.15, -0.1) is 0 Å². The van der Waals surface area contributed by atoms with E-state index < -0.39 is 11.9 Å². The van der Waals surface area contributed by atoms with Gasteiger partial charge in [0.25, 0.3) is 5.91 Å². The molecular formula is C18H23FN2O3. The quantitative estimate of drug-likeness (QED) is 0.808. The molecular weight excluding hydrogens is 311 g/mol. The molecule has 1 aromatic carbocycles. The summed E-state index contributed by atoms with van der Waals surface area (Å²) in [5.74, 6) is -0.0801. The molecule has 1 fully saturated rings. The van der Waals surface area contributed by atoms with Crippen molar-refractivity contribution >= 4 is 11.8 Å². The van der Waals surface area contributed by atoms with E-state index >= 15 is 0 Å². The molecule has 6 heteroatoms. The fourth-order valence-corrected chi connectivity index (χ4v) is 3.09. The minimum absolute atomic E-state index is 0.184. The van der Waals surface area contributed by atoms with Crippen LogP contribution in [0.25, 0.3) is 0 Å². The minimum Gasteiger partial charge on any atom is -0.477 e. The smallest absolute Gasteiger partial charge is 0.261 e. The van der Waals surface area contributed by atoms with Gasteiger partial charge in [-0.2, -0.15) is 0 Å². The zero-order valence-electron chi connectivity index (χ0n) is 13.9. The van der Waals surface area contributed by atoms with Crippen molar-refractivity contribution < 1.29 is 18.7 Å². The van der Waals surface area contributed by atoms with Gasteiger partial charge < -0.3 is 15.0 Å². The molecule has 1 aliphatic carbocycles. The number of nitrogens with one attached hydrogen (secondary N) is 1. The van der Waals surface area contributed by atoms with E-state index in [1.807, 2.05) is 7.05 Å². The first-order chi connectivity index (χ1) is 11.6. The maximum absolute atomic E-state index is 13.6. The number of amides is 2. The Labute approximate surface area is 141 Å². The van der Waals surface area contributed by atoms with Crippen molar-refractivity contribution in [3.8, 4) is 5.75 Å². The molecule has 0 radical (unpaired) electrons. The molecule has 130 valence electrons. The first-order valence-electron chi connectivity index (χ1n) is 8.53. The average Bonchev–Trinajstić information content (AvgIpc) is 2.95. The van der Waals surface area contributed by atoms with E-state index in [1.54, 1.807) is 17.0 Å². The summed E-state index contributed by atoms with van der Waals surface area (Å²) in [6, 6.07) is 4.72. The monoisotopic (exact) mass is 334 g/mol. The largest absolute Gasteiger partial charge is 0.477 e. The van der Waals surface area contributed by atoms with Gasteiger partial charge in [0.05, 0.1) is 0 Å². The Morgan fingerprint density at radius 2 is 2.17 bits per heavy atom. The Hall–Kier alpha value is -2.11. The molecule has 1 aromatic rings. The molecule has 5 nitrogen and oxygen atoms in total. The van der Waals surface area contributed by atoms with Crippen LogP contribution in [0.1, 0.15) is 31.2 Å². The van der Waals surface area contributed by atoms with Crippen molar-refractivity contribution in [2.24, 2.45) is 5.92 Å². The molecule has 3 rings (SSSR count). The van der Waals surface area contributed by atoms with Crippen LogP contribution in [-0.2, 0) is 16.0 Å². The van der Waals surface area contributed by atoms with Crippen molar-refractivity contribution in [1.82, 2.24) is 10.2 Å². The Balaban J connectivity index is 1.38. The van der Waals surface area contributed by atoms with Gasteiger partial charge in [-0.05, 0) is 25.3 Å². The van der Waals surface area contributed by atoms with E-state index in [4.69, 9.17) is 4.74 Å². The molecule has 0 spiro atoms. The molecule has 0 saturated heterocycles. The van der Waals surface area contributed by atoms with Crippen LogP contribution in [0.3, 0.4) is 0 Å². The lowest BCUT2D eigenvalue weighted by Crippen LogP contribution is -2.40. The van der Waals surface area contributed by atoms with Gasteiger partial charge in [0, 0.05) is 38.0 Å². The van der Waals surface area contributed by atoms with E-state index in [1.165, 1.54) is 6.07 Å². The van der Waals surface area contributed by atoms with Crippen LogP contribution in [0.2, 0.25) is 0 Å². The van der Waals surface area contributed by atoms with E-state index in [0.717, 1.165) is 24.8 Å². The highest BCUT2D eigenvalue weighted by atomic mass is 19.1. The van der Waals surface area contributed by atoms with Crippen molar-refractivity contribution in [1.29, 1.82) is 0 Å². The van der Waals surface area contributed by atoms with E-state index in [-0.39, 0.29) is 23.5 Å². The van der Waals surface area contributed by atoms with Gasteiger partial charge in [0.15, 0.2) is 17.7 Å². The number of carbonyl (C=O) groups excluding carboxylic acids is 2. The van der Waals surface area contributed by atoms with Gasteiger partial charge in [0.2, 0.25) is 5.91 Å². The molecule has 1 N–H and O–H groups in total. The van der Waals surface area contributed by atoms with Gasteiger partial charge in [-0.1, -0.05) is 18.6 Å². The molecule has 0 aromatic heterocycles. The van der Waals surface area contributed by atoms with Crippen LogP contribution in [0.4, 0.5) is 4.39 Å². The molecule has 1 aliphatic heterocycles. The number of hydrogen-bond acceptors (Lipinski definition) is 3. The van der Waals surface area contributed by atoms with Crippen LogP contribution < -0.4 is 10.1 Å². The Bertz CT molecular complexity index is 631. The standard InChI is InChI=1S/C18H23FN2O3/c1-21(18(23)12-5-2-6-12)10-4-9-20-17(22)15-11-13-7-3-8-14(19)16(13)24-15/h3,7-8,12,15H,2,4-6,9-11H2,1H3,(H,20,22). The number of nitrogens with zero attached hydrogens (tertiary/aromatic N) is 1. The second-order valence-electron chi connectivity index (χ2n) is 6.57. The maximum atomic E-state index is 13.6. The SMILES string of the molecule is CN(CCCNC(=O)C1Cc2cccc(F)c2O1)C(=O)C1CCC1. The summed E-state index contributed by atoms with van der Waals surface area (Å²) in [7, 11) is 1.81. The lowest BCUT2D eigenvalue weighted by molar-refractivity contribution is -0.136. The zero-order valence-corrected chi connectivity index (χ0v) is 13.9. The molecule has 2 aliphatic rings. The molecule has 1 unspecified atom stereocenters. The average molecular weight is 334 g/mol. The van der Waals surface area contributed by atoms with Gasteiger partial charge in [-0.25, -0.2) is 4.39 Å². The highest BCUT2D eigenvalue weighted by Crippen LogP contribution is 2.31. The molecule has 24 heavy (non-hydrogen) atoms. The molecule has 1 heterocycles. The predicted molar refractivity (Wildman–Crippen MR) is 87.1 cm³/mol. The predicted octanol–water partition coefficient (Wildman–Crippen LogP) is 1.89. The summed E-state index contributed by atoms with van der Waals surface area (Å²) in [6.07, 6.45) is 3.54. The summed E-state index contributed by atoms with van der Waals surface area (Å²) in [5.41, 5.74) is 0.723. The lowest BCUT2D eigenvalue weighted by atomic mass is 9.84.